The molecule has 7 nitrogen and oxygen atoms in total. The fraction of sp³-hybridized carbons (Fsp3) is 0.389. The number of anilines is 3. The number of rotatable bonds is 5. The van der Waals surface area contributed by atoms with Gasteiger partial charge in [0, 0.05) is 10.5 Å². The van der Waals surface area contributed by atoms with Crippen LogP contribution in [-0.2, 0) is 0 Å². The number of H-pyrrole nitrogens is 1. The van der Waals surface area contributed by atoms with Crippen molar-refractivity contribution in [3.63, 3.8) is 0 Å². The van der Waals surface area contributed by atoms with Gasteiger partial charge >= 0.3 is 0 Å². The summed E-state index contributed by atoms with van der Waals surface area (Å²) < 4.78 is 6.38. The lowest BCUT2D eigenvalue weighted by Gasteiger charge is -2.23. The van der Waals surface area contributed by atoms with Crippen LogP contribution in [0.3, 0.4) is 0 Å². The van der Waals surface area contributed by atoms with Gasteiger partial charge in [0.2, 0.25) is 5.95 Å². The van der Waals surface area contributed by atoms with Gasteiger partial charge in [0.25, 0.3) is 0 Å². The zero-order valence-corrected chi connectivity index (χ0v) is 16.1. The van der Waals surface area contributed by atoms with E-state index in [-0.39, 0.29) is 0 Å². The van der Waals surface area contributed by atoms with E-state index in [1.807, 2.05) is 18.2 Å². The summed E-state index contributed by atoms with van der Waals surface area (Å²) >= 11 is 3.45. The molecule has 4 rings (SSSR count). The van der Waals surface area contributed by atoms with Crippen molar-refractivity contribution in [2.45, 2.75) is 38.1 Å². The minimum Gasteiger partial charge on any atom is -0.495 e. The normalized spacial score (nSPS) is 15.2. The number of methoxy groups -OCH3 is 1. The lowest BCUT2D eigenvalue weighted by Crippen LogP contribution is -2.23. The third-order valence-electron chi connectivity index (χ3n) is 4.64. The molecule has 3 N–H and O–H groups in total. The molecule has 0 atom stereocenters. The number of hydrogen-bond donors (Lipinski definition) is 3. The van der Waals surface area contributed by atoms with Crippen molar-refractivity contribution in [2.24, 2.45) is 0 Å². The largest absolute Gasteiger partial charge is 0.495 e. The molecule has 1 aliphatic rings. The molecule has 8 heteroatoms. The first-order valence-electron chi connectivity index (χ1n) is 8.81. The Morgan fingerprint density at radius 1 is 1.19 bits per heavy atom. The van der Waals surface area contributed by atoms with Gasteiger partial charge in [0.15, 0.2) is 11.5 Å². The summed E-state index contributed by atoms with van der Waals surface area (Å²) in [5.41, 5.74) is 2.27. The van der Waals surface area contributed by atoms with Crippen molar-refractivity contribution in [1.29, 1.82) is 0 Å². The Labute approximate surface area is 160 Å². The van der Waals surface area contributed by atoms with E-state index in [1.54, 1.807) is 13.4 Å². The third-order valence-corrected chi connectivity index (χ3v) is 5.13. The number of imidazole rings is 1. The Bertz CT molecular complexity index is 906. The summed E-state index contributed by atoms with van der Waals surface area (Å²) in [6.07, 6.45) is 7.82. The fourth-order valence-corrected chi connectivity index (χ4v) is 3.66. The number of ether oxygens (including phenoxy) is 1. The molecule has 1 fully saturated rings. The molecule has 26 heavy (non-hydrogen) atoms. The molecule has 0 spiro atoms. The highest BCUT2D eigenvalue weighted by Crippen LogP contribution is 2.31. The molecule has 2 heterocycles. The van der Waals surface area contributed by atoms with E-state index in [0.717, 1.165) is 21.5 Å². The minimum absolute atomic E-state index is 0.445. The van der Waals surface area contributed by atoms with Crippen LogP contribution >= 0.6 is 15.9 Å². The molecule has 0 aliphatic heterocycles. The van der Waals surface area contributed by atoms with Gasteiger partial charge in [0.05, 0.1) is 19.1 Å². The Hall–Kier alpha value is -2.35. The van der Waals surface area contributed by atoms with Gasteiger partial charge in [0.1, 0.15) is 11.3 Å². The maximum atomic E-state index is 5.44. The lowest BCUT2D eigenvalue weighted by atomic mass is 9.95. The van der Waals surface area contributed by atoms with Gasteiger partial charge < -0.3 is 20.4 Å². The van der Waals surface area contributed by atoms with Gasteiger partial charge in [-0.3, -0.25) is 0 Å². The standard InChI is InChI=1S/C18H21BrN6O/c1-26-14-9-11(19)7-8-13(14)23-18-24-16-15(20-10-21-16)17(25-18)22-12-5-3-2-4-6-12/h7-10,12H,2-6H2,1H3,(H3,20,21,22,23,24,25). The molecular formula is C18H21BrN6O. The Kier molecular flexibility index (Phi) is 4.92. The molecule has 0 saturated heterocycles. The summed E-state index contributed by atoms with van der Waals surface area (Å²) in [5, 5.41) is 6.82. The molecule has 0 amide bonds. The van der Waals surface area contributed by atoms with Gasteiger partial charge in [-0.2, -0.15) is 9.97 Å². The maximum Gasteiger partial charge on any atom is 0.231 e. The second-order valence-electron chi connectivity index (χ2n) is 6.45. The van der Waals surface area contributed by atoms with Gasteiger partial charge in [-0.25, -0.2) is 4.98 Å². The number of benzene rings is 1. The van der Waals surface area contributed by atoms with Gasteiger partial charge in [-0.1, -0.05) is 35.2 Å². The van der Waals surface area contributed by atoms with E-state index in [9.17, 15) is 0 Å². The number of hydrogen-bond acceptors (Lipinski definition) is 6. The highest BCUT2D eigenvalue weighted by Gasteiger charge is 2.17. The summed E-state index contributed by atoms with van der Waals surface area (Å²) in [7, 11) is 1.64. The van der Waals surface area contributed by atoms with Crippen molar-refractivity contribution in [2.75, 3.05) is 17.7 Å². The zero-order chi connectivity index (χ0) is 17.9. The highest BCUT2D eigenvalue weighted by molar-refractivity contribution is 9.10. The second-order valence-corrected chi connectivity index (χ2v) is 7.36. The number of nitrogens with zero attached hydrogens (tertiary/aromatic N) is 3. The van der Waals surface area contributed by atoms with E-state index in [1.165, 1.54) is 32.1 Å². The first-order valence-corrected chi connectivity index (χ1v) is 9.60. The van der Waals surface area contributed by atoms with E-state index in [2.05, 4.69) is 46.5 Å². The predicted molar refractivity (Wildman–Crippen MR) is 106 cm³/mol. The molecule has 0 radical (unpaired) electrons. The topological polar surface area (TPSA) is 87.8 Å². The van der Waals surface area contributed by atoms with Crippen LogP contribution in [0.2, 0.25) is 0 Å². The molecule has 1 aromatic carbocycles. The fourth-order valence-electron chi connectivity index (χ4n) is 3.32. The van der Waals surface area contributed by atoms with Crippen LogP contribution in [0.25, 0.3) is 11.2 Å². The Balaban J connectivity index is 1.65. The Morgan fingerprint density at radius 2 is 2.04 bits per heavy atom. The van der Waals surface area contributed by atoms with Crippen molar-refractivity contribution in [3.8, 4) is 5.75 Å². The van der Waals surface area contributed by atoms with Crippen molar-refractivity contribution >= 4 is 44.5 Å². The summed E-state index contributed by atoms with van der Waals surface area (Å²) in [5.74, 6) is 1.99. The second kappa shape index (κ2) is 7.49. The quantitative estimate of drug-likeness (QED) is 0.562. The number of halogens is 1. The lowest BCUT2D eigenvalue weighted by molar-refractivity contribution is 0.416. The number of aromatic nitrogens is 4. The van der Waals surface area contributed by atoms with Gasteiger partial charge in [-0.15, -0.1) is 0 Å². The van der Waals surface area contributed by atoms with Crippen molar-refractivity contribution < 1.29 is 4.74 Å². The first-order chi connectivity index (χ1) is 12.7. The summed E-state index contributed by atoms with van der Waals surface area (Å²) in [6, 6.07) is 6.21. The van der Waals surface area contributed by atoms with Gasteiger partial charge in [-0.05, 0) is 31.0 Å². The van der Waals surface area contributed by atoms with Crippen LogP contribution in [0, 0.1) is 0 Å². The minimum atomic E-state index is 0.445. The smallest absolute Gasteiger partial charge is 0.231 e. The average molecular weight is 417 g/mol. The SMILES string of the molecule is COc1cc(Br)ccc1Nc1nc(NC2CCCCC2)c2[nH]cnc2n1. The molecule has 1 aliphatic carbocycles. The van der Waals surface area contributed by atoms with Crippen molar-refractivity contribution in [1.82, 2.24) is 19.9 Å². The number of fused-ring (bicyclic) bond motifs is 1. The molecule has 2 aromatic heterocycles. The van der Waals surface area contributed by atoms with Crippen LogP contribution in [0.5, 0.6) is 5.75 Å². The number of aromatic amines is 1. The maximum absolute atomic E-state index is 5.44. The van der Waals surface area contributed by atoms with Crippen LogP contribution in [0.1, 0.15) is 32.1 Å². The van der Waals surface area contributed by atoms with E-state index in [4.69, 9.17) is 4.74 Å². The zero-order valence-electron chi connectivity index (χ0n) is 14.6. The molecule has 136 valence electrons. The summed E-state index contributed by atoms with van der Waals surface area (Å²) in [4.78, 5) is 16.6. The molecule has 0 unspecified atom stereocenters. The van der Waals surface area contributed by atoms with Crippen LogP contribution in [0.15, 0.2) is 29.0 Å². The van der Waals surface area contributed by atoms with E-state index < -0.39 is 0 Å². The first kappa shape index (κ1) is 17.1. The third kappa shape index (κ3) is 3.60. The van der Waals surface area contributed by atoms with E-state index in [0.29, 0.717) is 23.4 Å². The molecular weight excluding hydrogens is 396 g/mol. The van der Waals surface area contributed by atoms with Crippen molar-refractivity contribution in [3.05, 3.63) is 29.0 Å². The molecule has 0 bridgehead atoms. The summed E-state index contributed by atoms with van der Waals surface area (Å²) in [6.45, 7) is 0. The number of nitrogens with one attached hydrogen (secondary N) is 3. The highest BCUT2D eigenvalue weighted by atomic mass is 79.9. The van der Waals surface area contributed by atoms with E-state index >= 15 is 0 Å². The molecule has 1 saturated carbocycles. The van der Waals surface area contributed by atoms with Crippen LogP contribution < -0.4 is 15.4 Å². The van der Waals surface area contributed by atoms with Crippen LogP contribution in [0.4, 0.5) is 17.5 Å². The monoisotopic (exact) mass is 416 g/mol. The average Bonchev–Trinajstić information content (AvgIpc) is 3.13. The van der Waals surface area contributed by atoms with Crippen LogP contribution in [-0.4, -0.2) is 33.1 Å². The molecule has 3 aromatic rings. The predicted octanol–water partition coefficient (Wildman–Crippen LogP) is 4.61. The Morgan fingerprint density at radius 3 is 2.85 bits per heavy atom.